The largest absolute Gasteiger partial charge is 0.507 e. The van der Waals surface area contributed by atoms with E-state index in [1.54, 1.807) is 31.5 Å². The first-order valence-corrected chi connectivity index (χ1v) is 11.2. The molecule has 164 valence electrons. The maximum atomic E-state index is 13.1. The number of methoxy groups -OCH3 is 1. The molecule has 0 saturated carbocycles. The number of aliphatic hydroxyl groups excluding tert-OH is 1. The summed E-state index contributed by atoms with van der Waals surface area (Å²) in [5.41, 5.74) is 2.15. The predicted octanol–water partition coefficient (Wildman–Crippen LogP) is 4.90. The quantitative estimate of drug-likeness (QED) is 0.330. The van der Waals surface area contributed by atoms with Crippen molar-refractivity contribution >= 4 is 28.8 Å². The zero-order valence-electron chi connectivity index (χ0n) is 18.1. The van der Waals surface area contributed by atoms with Gasteiger partial charge in [0.05, 0.1) is 24.9 Å². The Morgan fingerprint density at radius 3 is 2.62 bits per heavy atom. The minimum Gasteiger partial charge on any atom is -0.507 e. The number of carbonyl (C=O) groups excluding carboxylic acids is 2. The van der Waals surface area contributed by atoms with Gasteiger partial charge in [0.1, 0.15) is 17.6 Å². The van der Waals surface area contributed by atoms with Crippen molar-refractivity contribution in [2.24, 2.45) is 0 Å². The van der Waals surface area contributed by atoms with Crippen molar-refractivity contribution in [1.82, 2.24) is 9.88 Å². The summed E-state index contributed by atoms with van der Waals surface area (Å²) >= 11 is 1.44. The highest BCUT2D eigenvalue weighted by Crippen LogP contribution is 2.42. The van der Waals surface area contributed by atoms with Crippen LogP contribution in [0.3, 0.4) is 0 Å². The summed E-state index contributed by atoms with van der Waals surface area (Å²) in [4.78, 5) is 32.7. The molecule has 4 rings (SSSR count). The van der Waals surface area contributed by atoms with Crippen molar-refractivity contribution < 1.29 is 19.4 Å². The van der Waals surface area contributed by atoms with Crippen LogP contribution in [-0.2, 0) is 16.1 Å². The molecule has 1 aliphatic rings. The van der Waals surface area contributed by atoms with E-state index in [9.17, 15) is 14.7 Å². The van der Waals surface area contributed by atoms with Crippen LogP contribution in [0.2, 0.25) is 0 Å². The molecule has 3 aromatic rings. The first-order chi connectivity index (χ1) is 15.4. The third-order valence-corrected chi connectivity index (χ3v) is 6.46. The first-order valence-electron chi connectivity index (χ1n) is 10.3. The third-order valence-electron chi connectivity index (χ3n) is 5.54. The van der Waals surface area contributed by atoms with E-state index in [1.165, 1.54) is 16.2 Å². The minimum atomic E-state index is -0.696. The number of Topliss-reactive ketones (excluding diaryl/α,β-unsaturated/α-hetero) is 1. The second-order valence-corrected chi connectivity index (χ2v) is 8.85. The highest BCUT2D eigenvalue weighted by Gasteiger charge is 2.46. The molecule has 1 saturated heterocycles. The van der Waals surface area contributed by atoms with Gasteiger partial charge in [0.15, 0.2) is 0 Å². The molecule has 3 heterocycles. The molecule has 0 spiro atoms. The van der Waals surface area contributed by atoms with Gasteiger partial charge in [-0.05, 0) is 53.3 Å². The number of aromatic nitrogens is 1. The fourth-order valence-electron chi connectivity index (χ4n) is 3.94. The molecule has 0 radical (unpaired) electrons. The number of ether oxygens (including phenoxy) is 1. The van der Waals surface area contributed by atoms with Gasteiger partial charge in [0.25, 0.3) is 11.7 Å². The molecule has 7 heteroatoms. The predicted molar refractivity (Wildman–Crippen MR) is 123 cm³/mol. The van der Waals surface area contributed by atoms with Crippen molar-refractivity contribution in [1.29, 1.82) is 0 Å². The number of ketones is 1. The van der Waals surface area contributed by atoms with Gasteiger partial charge in [-0.15, -0.1) is 11.3 Å². The smallest absolute Gasteiger partial charge is 0.296 e. The van der Waals surface area contributed by atoms with Crippen LogP contribution in [0.5, 0.6) is 5.75 Å². The molecule has 1 unspecified atom stereocenters. The van der Waals surface area contributed by atoms with E-state index in [-0.39, 0.29) is 23.8 Å². The molecule has 1 fully saturated rings. The average molecular weight is 449 g/mol. The Kier molecular flexibility index (Phi) is 6.10. The van der Waals surface area contributed by atoms with E-state index < -0.39 is 17.7 Å². The molecular formula is C25H24N2O4S. The van der Waals surface area contributed by atoms with Gasteiger partial charge >= 0.3 is 0 Å². The lowest BCUT2D eigenvalue weighted by atomic mass is 9.95. The highest BCUT2D eigenvalue weighted by atomic mass is 32.1. The molecule has 0 bridgehead atoms. The Bertz CT molecular complexity index is 1170. The average Bonchev–Trinajstić information content (AvgIpc) is 3.41. The number of thiophene rings is 1. The summed E-state index contributed by atoms with van der Waals surface area (Å²) in [5, 5.41) is 13.1. The molecule has 32 heavy (non-hydrogen) atoms. The van der Waals surface area contributed by atoms with E-state index in [0.717, 1.165) is 10.4 Å². The molecule has 1 atom stereocenters. The van der Waals surface area contributed by atoms with Crippen LogP contribution in [-0.4, -0.2) is 33.8 Å². The van der Waals surface area contributed by atoms with Crippen molar-refractivity contribution in [2.75, 3.05) is 7.11 Å². The number of hydrogen-bond acceptors (Lipinski definition) is 6. The second-order valence-electron chi connectivity index (χ2n) is 7.87. The van der Waals surface area contributed by atoms with E-state index in [4.69, 9.17) is 4.74 Å². The maximum absolute atomic E-state index is 13.1. The lowest BCUT2D eigenvalue weighted by Gasteiger charge is -2.23. The van der Waals surface area contributed by atoms with Gasteiger partial charge in [-0.1, -0.05) is 26.0 Å². The molecule has 2 aromatic heterocycles. The normalized spacial score (nSPS) is 17.9. The monoisotopic (exact) mass is 448 g/mol. The van der Waals surface area contributed by atoms with Gasteiger partial charge in [-0.3, -0.25) is 14.6 Å². The number of hydrogen-bond donors (Lipinski definition) is 1. The lowest BCUT2D eigenvalue weighted by Crippen LogP contribution is -2.29. The zero-order chi connectivity index (χ0) is 22.8. The summed E-state index contributed by atoms with van der Waals surface area (Å²) in [5.74, 6) is -0.666. The minimum absolute atomic E-state index is 0.0910. The first kappa shape index (κ1) is 21.8. The van der Waals surface area contributed by atoms with E-state index >= 15 is 0 Å². The Labute approximate surface area is 190 Å². The molecule has 0 aliphatic carbocycles. The number of nitrogens with zero attached hydrogens (tertiary/aromatic N) is 2. The Morgan fingerprint density at radius 2 is 2.00 bits per heavy atom. The van der Waals surface area contributed by atoms with Crippen LogP contribution in [0.25, 0.3) is 5.76 Å². The Balaban J connectivity index is 1.84. The van der Waals surface area contributed by atoms with Crippen molar-refractivity contribution in [3.63, 3.8) is 0 Å². The summed E-state index contributed by atoms with van der Waals surface area (Å²) in [7, 11) is 1.60. The topological polar surface area (TPSA) is 79.7 Å². The summed E-state index contributed by atoms with van der Waals surface area (Å²) < 4.78 is 5.44. The number of likely N-dealkylation sites (tertiary alicyclic amines) is 1. The number of pyridine rings is 1. The Morgan fingerprint density at radius 1 is 1.19 bits per heavy atom. The molecule has 1 aliphatic heterocycles. The number of rotatable bonds is 6. The van der Waals surface area contributed by atoms with E-state index in [0.29, 0.717) is 17.0 Å². The molecular weight excluding hydrogens is 424 g/mol. The molecule has 6 nitrogen and oxygen atoms in total. The zero-order valence-corrected chi connectivity index (χ0v) is 18.9. The number of benzene rings is 1. The van der Waals surface area contributed by atoms with Crippen LogP contribution < -0.4 is 4.74 Å². The molecule has 1 N–H and O–H groups in total. The van der Waals surface area contributed by atoms with Gasteiger partial charge in [-0.2, -0.15) is 0 Å². The third kappa shape index (κ3) is 3.91. The van der Waals surface area contributed by atoms with Crippen molar-refractivity contribution in [2.45, 2.75) is 32.4 Å². The summed E-state index contributed by atoms with van der Waals surface area (Å²) in [6.45, 7) is 4.23. The van der Waals surface area contributed by atoms with Crippen LogP contribution >= 0.6 is 11.3 Å². The Hall–Kier alpha value is -3.45. The fourth-order valence-corrected chi connectivity index (χ4v) is 4.79. The standard InChI is InChI=1S/C25H24N2O4S/c1-15(2)18-13-16(9-10-19(18)31-3)23(28)21-22(20-8-6-12-32-20)27(25(30)24(21)29)14-17-7-4-5-11-26-17/h4-13,15,22,28H,14H2,1-3H3/b23-21-. The van der Waals surface area contributed by atoms with Gasteiger partial charge < -0.3 is 14.7 Å². The fraction of sp³-hybridized carbons (Fsp3) is 0.240. The van der Waals surface area contributed by atoms with Gasteiger partial charge in [0.2, 0.25) is 0 Å². The number of carbonyl (C=O) groups is 2. The van der Waals surface area contributed by atoms with Crippen LogP contribution in [0, 0.1) is 0 Å². The second kappa shape index (κ2) is 8.96. The number of amides is 1. The van der Waals surface area contributed by atoms with Gasteiger partial charge in [-0.25, -0.2) is 0 Å². The SMILES string of the molecule is COc1ccc(/C(O)=C2/C(=O)C(=O)N(Cc3ccccn3)C2c2cccs2)cc1C(C)C. The summed E-state index contributed by atoms with van der Waals surface area (Å²) in [6.07, 6.45) is 1.65. The van der Waals surface area contributed by atoms with E-state index in [1.807, 2.05) is 49.6 Å². The van der Waals surface area contributed by atoms with E-state index in [2.05, 4.69) is 4.98 Å². The molecule has 1 aromatic carbocycles. The van der Waals surface area contributed by atoms with Gasteiger partial charge in [0, 0.05) is 16.6 Å². The van der Waals surface area contributed by atoms with Crippen molar-refractivity contribution in [3.8, 4) is 5.75 Å². The van der Waals surface area contributed by atoms with Crippen molar-refractivity contribution in [3.05, 3.63) is 87.4 Å². The highest BCUT2D eigenvalue weighted by molar-refractivity contribution is 7.10. The number of aliphatic hydroxyl groups is 1. The lowest BCUT2D eigenvalue weighted by molar-refractivity contribution is -0.140. The van der Waals surface area contributed by atoms with Crippen LogP contribution in [0.15, 0.2) is 65.7 Å². The molecule has 1 amide bonds. The van der Waals surface area contributed by atoms with Crippen LogP contribution in [0.4, 0.5) is 0 Å². The summed E-state index contributed by atoms with van der Waals surface area (Å²) in [6, 6.07) is 13.8. The van der Waals surface area contributed by atoms with Crippen LogP contribution in [0.1, 0.15) is 47.5 Å². The maximum Gasteiger partial charge on any atom is 0.296 e.